The lowest BCUT2D eigenvalue weighted by molar-refractivity contribution is -0.140. The summed E-state index contributed by atoms with van der Waals surface area (Å²) in [5.74, 6) is -1.56. The van der Waals surface area contributed by atoms with Crippen molar-refractivity contribution in [3.05, 3.63) is 46.8 Å². The molecule has 0 saturated carbocycles. The number of rotatable bonds is 6. The van der Waals surface area contributed by atoms with Crippen molar-refractivity contribution in [2.75, 3.05) is 0 Å². The van der Waals surface area contributed by atoms with Crippen molar-refractivity contribution in [2.24, 2.45) is 5.92 Å². The minimum absolute atomic E-state index is 0.149. The smallest absolute Gasteiger partial charge is 0.326 e. The average molecular weight is 355 g/mol. The van der Waals surface area contributed by atoms with Crippen LogP contribution < -0.4 is 5.32 Å². The number of aliphatic carboxylic acids is 1. The van der Waals surface area contributed by atoms with Crippen molar-refractivity contribution in [1.82, 2.24) is 15.1 Å². The standard InChI is InChI=1S/C20H25N3O3/c1-4-13(3)17(20(25)26)21-19(24)18-15-6-5-7-16(15)23(22-18)14-10-8-12(2)9-11-14/h8-11,13,17H,4-7H2,1-3H3,(H,21,24)(H,25,26)/t13-,17-/m0/s1. The quantitative estimate of drug-likeness (QED) is 0.834. The van der Waals surface area contributed by atoms with E-state index in [4.69, 9.17) is 0 Å². The van der Waals surface area contributed by atoms with Crippen molar-refractivity contribution in [2.45, 2.75) is 52.5 Å². The normalized spacial score (nSPS) is 15.3. The number of benzene rings is 1. The summed E-state index contributed by atoms with van der Waals surface area (Å²) in [6.07, 6.45) is 3.32. The molecule has 1 amide bonds. The van der Waals surface area contributed by atoms with Crippen LogP contribution in [0.15, 0.2) is 24.3 Å². The van der Waals surface area contributed by atoms with Gasteiger partial charge in [-0.15, -0.1) is 0 Å². The lowest BCUT2D eigenvalue weighted by atomic mass is 9.99. The van der Waals surface area contributed by atoms with Crippen molar-refractivity contribution in [3.8, 4) is 5.69 Å². The summed E-state index contributed by atoms with van der Waals surface area (Å²) in [7, 11) is 0. The van der Waals surface area contributed by atoms with Gasteiger partial charge in [0.25, 0.3) is 5.91 Å². The Kier molecular flexibility index (Phi) is 5.11. The second-order valence-electron chi connectivity index (χ2n) is 7.05. The molecule has 138 valence electrons. The molecule has 1 aromatic heterocycles. The molecule has 6 nitrogen and oxygen atoms in total. The molecular weight excluding hydrogens is 330 g/mol. The summed E-state index contributed by atoms with van der Waals surface area (Å²) >= 11 is 0. The Hall–Kier alpha value is -2.63. The maximum absolute atomic E-state index is 12.8. The molecule has 2 atom stereocenters. The van der Waals surface area contributed by atoms with Gasteiger partial charge in [0.05, 0.1) is 5.69 Å². The molecule has 0 bridgehead atoms. The highest BCUT2D eigenvalue weighted by atomic mass is 16.4. The molecule has 26 heavy (non-hydrogen) atoms. The maximum Gasteiger partial charge on any atom is 0.326 e. The van der Waals surface area contributed by atoms with Gasteiger partial charge in [-0.05, 0) is 44.2 Å². The van der Waals surface area contributed by atoms with Crippen LogP contribution in [0, 0.1) is 12.8 Å². The number of nitrogens with zero attached hydrogens (tertiary/aromatic N) is 2. The molecule has 0 spiro atoms. The Morgan fingerprint density at radius 1 is 1.27 bits per heavy atom. The van der Waals surface area contributed by atoms with Crippen molar-refractivity contribution < 1.29 is 14.7 Å². The van der Waals surface area contributed by atoms with Crippen LogP contribution >= 0.6 is 0 Å². The number of fused-ring (bicyclic) bond motifs is 1. The molecule has 1 aliphatic rings. The monoisotopic (exact) mass is 355 g/mol. The number of aromatic nitrogens is 2. The van der Waals surface area contributed by atoms with Gasteiger partial charge in [-0.25, -0.2) is 9.48 Å². The topological polar surface area (TPSA) is 84.2 Å². The predicted molar refractivity (Wildman–Crippen MR) is 98.7 cm³/mol. The zero-order chi connectivity index (χ0) is 18.8. The number of hydrogen-bond acceptors (Lipinski definition) is 3. The fourth-order valence-corrected chi connectivity index (χ4v) is 3.41. The summed E-state index contributed by atoms with van der Waals surface area (Å²) in [6, 6.07) is 7.10. The Bertz CT molecular complexity index is 824. The van der Waals surface area contributed by atoms with E-state index in [1.165, 1.54) is 0 Å². The number of carbonyl (C=O) groups excluding carboxylic acids is 1. The van der Waals surface area contributed by atoms with E-state index in [2.05, 4.69) is 10.4 Å². The fourth-order valence-electron chi connectivity index (χ4n) is 3.41. The molecule has 1 aliphatic carbocycles. The first-order valence-electron chi connectivity index (χ1n) is 9.13. The molecular formula is C20H25N3O3. The first-order valence-corrected chi connectivity index (χ1v) is 9.13. The lowest BCUT2D eigenvalue weighted by Gasteiger charge is -2.19. The molecule has 6 heteroatoms. The largest absolute Gasteiger partial charge is 0.480 e. The molecule has 0 aliphatic heterocycles. The zero-order valence-electron chi connectivity index (χ0n) is 15.5. The Balaban J connectivity index is 1.93. The SMILES string of the molecule is CC[C@H](C)[C@H](NC(=O)c1nn(-c2ccc(C)cc2)c2c1CCC2)C(=O)O. The Labute approximate surface area is 153 Å². The highest BCUT2D eigenvalue weighted by Crippen LogP contribution is 2.28. The third kappa shape index (κ3) is 3.36. The van der Waals surface area contributed by atoms with Crippen LogP contribution in [-0.4, -0.2) is 32.8 Å². The van der Waals surface area contributed by atoms with Crippen molar-refractivity contribution >= 4 is 11.9 Å². The van der Waals surface area contributed by atoms with E-state index in [9.17, 15) is 14.7 Å². The van der Waals surface area contributed by atoms with Crippen molar-refractivity contribution in [1.29, 1.82) is 0 Å². The van der Waals surface area contributed by atoms with Gasteiger partial charge in [0, 0.05) is 11.3 Å². The minimum atomic E-state index is -1.01. The lowest BCUT2D eigenvalue weighted by Crippen LogP contribution is -2.45. The van der Waals surface area contributed by atoms with Crippen LogP contribution in [0.3, 0.4) is 0 Å². The molecule has 0 radical (unpaired) electrons. The predicted octanol–water partition coefficient (Wildman–Crippen LogP) is 2.90. The van der Waals surface area contributed by atoms with E-state index in [1.54, 1.807) is 0 Å². The number of hydrogen-bond donors (Lipinski definition) is 2. The molecule has 1 aromatic carbocycles. The van der Waals surface area contributed by atoms with E-state index >= 15 is 0 Å². The van der Waals surface area contributed by atoms with Crippen LogP contribution in [-0.2, 0) is 17.6 Å². The molecule has 0 fully saturated rings. The summed E-state index contributed by atoms with van der Waals surface area (Å²) in [5, 5.41) is 16.6. The maximum atomic E-state index is 12.8. The molecule has 0 saturated heterocycles. The number of nitrogens with one attached hydrogen (secondary N) is 1. The highest BCUT2D eigenvalue weighted by Gasteiger charge is 2.31. The number of carboxylic acid groups (broad SMARTS) is 1. The van der Waals surface area contributed by atoms with Gasteiger partial charge in [0.15, 0.2) is 5.69 Å². The third-order valence-corrected chi connectivity index (χ3v) is 5.19. The molecule has 1 heterocycles. The minimum Gasteiger partial charge on any atom is -0.480 e. The van der Waals surface area contributed by atoms with Gasteiger partial charge >= 0.3 is 5.97 Å². The van der Waals surface area contributed by atoms with Gasteiger partial charge in [-0.3, -0.25) is 4.79 Å². The second kappa shape index (κ2) is 7.32. The number of carbonyl (C=O) groups is 2. The zero-order valence-corrected chi connectivity index (χ0v) is 15.5. The highest BCUT2D eigenvalue weighted by molar-refractivity contribution is 5.96. The fraction of sp³-hybridized carbons (Fsp3) is 0.450. The molecule has 3 rings (SSSR count). The van der Waals surface area contributed by atoms with Gasteiger partial charge in [-0.2, -0.15) is 5.10 Å². The van der Waals surface area contributed by atoms with Crippen LogP contribution in [0.2, 0.25) is 0 Å². The van der Waals surface area contributed by atoms with E-state index in [0.717, 1.165) is 41.8 Å². The van der Waals surface area contributed by atoms with E-state index in [1.807, 2.05) is 49.7 Å². The van der Waals surface area contributed by atoms with Crippen LogP contribution in [0.1, 0.15) is 54.0 Å². The van der Waals surface area contributed by atoms with Crippen molar-refractivity contribution in [3.63, 3.8) is 0 Å². The molecule has 2 N–H and O–H groups in total. The average Bonchev–Trinajstić information content (AvgIpc) is 3.22. The van der Waals surface area contributed by atoms with Gasteiger partial charge in [-0.1, -0.05) is 38.0 Å². The summed E-state index contributed by atoms with van der Waals surface area (Å²) in [6.45, 7) is 5.77. The molecule has 0 unspecified atom stereocenters. The van der Waals surface area contributed by atoms with Gasteiger partial charge < -0.3 is 10.4 Å². The number of amides is 1. The second-order valence-corrected chi connectivity index (χ2v) is 7.05. The summed E-state index contributed by atoms with van der Waals surface area (Å²) in [4.78, 5) is 24.3. The Morgan fingerprint density at radius 3 is 2.58 bits per heavy atom. The van der Waals surface area contributed by atoms with E-state index < -0.39 is 17.9 Å². The summed E-state index contributed by atoms with van der Waals surface area (Å²) in [5.41, 5.74) is 4.43. The third-order valence-electron chi connectivity index (χ3n) is 5.19. The number of aryl methyl sites for hydroxylation is 1. The van der Waals surface area contributed by atoms with Gasteiger partial charge in [0.2, 0.25) is 0 Å². The van der Waals surface area contributed by atoms with Crippen LogP contribution in [0.25, 0.3) is 5.69 Å². The first-order chi connectivity index (χ1) is 12.4. The molecule has 2 aromatic rings. The summed E-state index contributed by atoms with van der Waals surface area (Å²) < 4.78 is 1.83. The van der Waals surface area contributed by atoms with E-state index in [-0.39, 0.29) is 5.92 Å². The van der Waals surface area contributed by atoms with Crippen LogP contribution in [0.5, 0.6) is 0 Å². The Morgan fingerprint density at radius 2 is 1.96 bits per heavy atom. The van der Waals surface area contributed by atoms with Crippen LogP contribution in [0.4, 0.5) is 0 Å². The first kappa shape index (κ1) is 18.2. The van der Waals surface area contributed by atoms with Gasteiger partial charge in [0.1, 0.15) is 6.04 Å². The number of carboxylic acids is 1. The van der Waals surface area contributed by atoms with E-state index in [0.29, 0.717) is 12.1 Å².